The zero-order chi connectivity index (χ0) is 20.5. The third-order valence-electron chi connectivity index (χ3n) is 5.56. The number of amides is 1. The Labute approximate surface area is 178 Å². The van der Waals surface area contributed by atoms with E-state index in [0.29, 0.717) is 29.6 Å². The fourth-order valence-corrected chi connectivity index (χ4v) is 4.31. The molecule has 7 heteroatoms. The Kier molecular flexibility index (Phi) is 5.01. The lowest BCUT2D eigenvalue weighted by molar-refractivity contribution is 0.0566. The standard InChI is InChI=1S/C23H21ClN4O2/c24-16-7-5-6-15(12-16)13-17-14-25-22(30-17)20-10-3-4-11-28(20)23(29)21-18-8-1-2-9-19(18)26-27-21/h1-2,5-9,12,14,20H,3-4,10-11,13H2,(H,26,27)/t20-/m0/s1. The molecule has 0 aliphatic carbocycles. The van der Waals surface area contributed by atoms with Gasteiger partial charge in [-0.05, 0) is 43.0 Å². The van der Waals surface area contributed by atoms with Crippen molar-refractivity contribution in [2.75, 3.05) is 6.54 Å². The van der Waals surface area contributed by atoms with E-state index < -0.39 is 0 Å². The number of aromatic amines is 1. The molecule has 0 unspecified atom stereocenters. The molecule has 0 bridgehead atoms. The monoisotopic (exact) mass is 420 g/mol. The van der Waals surface area contributed by atoms with E-state index in [2.05, 4.69) is 15.2 Å². The Hall–Kier alpha value is -3.12. The number of benzene rings is 2. The van der Waals surface area contributed by atoms with Gasteiger partial charge in [0.1, 0.15) is 11.8 Å². The second-order valence-corrected chi connectivity index (χ2v) is 8.04. The summed E-state index contributed by atoms with van der Waals surface area (Å²) in [6.45, 7) is 0.663. The number of carbonyl (C=O) groups excluding carboxylic acids is 1. The van der Waals surface area contributed by atoms with Crippen LogP contribution in [-0.4, -0.2) is 32.5 Å². The van der Waals surface area contributed by atoms with Crippen LogP contribution >= 0.6 is 11.6 Å². The molecule has 6 nitrogen and oxygen atoms in total. The average Bonchev–Trinajstić information content (AvgIpc) is 3.40. The number of oxazole rings is 1. The maximum absolute atomic E-state index is 13.4. The second kappa shape index (κ2) is 7.95. The quantitative estimate of drug-likeness (QED) is 0.494. The number of nitrogens with one attached hydrogen (secondary N) is 1. The number of para-hydroxylation sites is 1. The molecule has 2 aromatic carbocycles. The highest BCUT2D eigenvalue weighted by atomic mass is 35.5. The summed E-state index contributed by atoms with van der Waals surface area (Å²) in [7, 11) is 0. The molecular formula is C23H21ClN4O2. The minimum Gasteiger partial charge on any atom is -0.443 e. The zero-order valence-electron chi connectivity index (χ0n) is 16.3. The number of H-pyrrole nitrogens is 1. The molecule has 152 valence electrons. The van der Waals surface area contributed by atoms with Crippen molar-refractivity contribution in [3.05, 3.63) is 82.7 Å². The highest BCUT2D eigenvalue weighted by molar-refractivity contribution is 6.30. The molecule has 30 heavy (non-hydrogen) atoms. The number of carbonyl (C=O) groups is 1. The van der Waals surface area contributed by atoms with Crippen molar-refractivity contribution in [2.24, 2.45) is 0 Å². The number of rotatable bonds is 4. The van der Waals surface area contributed by atoms with Crippen molar-refractivity contribution in [2.45, 2.75) is 31.7 Å². The van der Waals surface area contributed by atoms with Gasteiger partial charge < -0.3 is 9.32 Å². The van der Waals surface area contributed by atoms with Gasteiger partial charge in [0, 0.05) is 23.4 Å². The van der Waals surface area contributed by atoms with Gasteiger partial charge in [0.05, 0.1) is 11.7 Å². The van der Waals surface area contributed by atoms with Crippen LogP contribution in [0.4, 0.5) is 0 Å². The lowest BCUT2D eigenvalue weighted by Gasteiger charge is -2.33. The maximum Gasteiger partial charge on any atom is 0.275 e. The van der Waals surface area contributed by atoms with Crippen LogP contribution in [0, 0.1) is 0 Å². The molecule has 0 saturated carbocycles. The molecule has 1 atom stereocenters. The summed E-state index contributed by atoms with van der Waals surface area (Å²) in [6, 6.07) is 15.2. The van der Waals surface area contributed by atoms with Crippen LogP contribution in [0.15, 0.2) is 59.1 Å². The van der Waals surface area contributed by atoms with Gasteiger partial charge in [-0.3, -0.25) is 9.89 Å². The van der Waals surface area contributed by atoms with E-state index in [0.717, 1.165) is 41.5 Å². The maximum atomic E-state index is 13.4. The molecule has 1 aliphatic rings. The summed E-state index contributed by atoms with van der Waals surface area (Å²) < 4.78 is 6.08. The summed E-state index contributed by atoms with van der Waals surface area (Å²) in [6.07, 6.45) is 5.17. The summed E-state index contributed by atoms with van der Waals surface area (Å²) in [5.74, 6) is 1.25. The topological polar surface area (TPSA) is 75.0 Å². The predicted octanol–water partition coefficient (Wildman–Crippen LogP) is 5.16. The van der Waals surface area contributed by atoms with Crippen molar-refractivity contribution >= 4 is 28.4 Å². The average molecular weight is 421 g/mol. The first-order valence-electron chi connectivity index (χ1n) is 10.1. The Morgan fingerprint density at radius 3 is 3.00 bits per heavy atom. The van der Waals surface area contributed by atoms with Crippen LogP contribution in [0.25, 0.3) is 10.9 Å². The van der Waals surface area contributed by atoms with Gasteiger partial charge in [-0.25, -0.2) is 4.98 Å². The number of fused-ring (bicyclic) bond motifs is 1. The smallest absolute Gasteiger partial charge is 0.275 e. The highest BCUT2D eigenvalue weighted by Gasteiger charge is 2.33. The first-order chi connectivity index (χ1) is 14.7. The molecule has 1 saturated heterocycles. The van der Waals surface area contributed by atoms with E-state index in [4.69, 9.17) is 16.0 Å². The van der Waals surface area contributed by atoms with Gasteiger partial charge >= 0.3 is 0 Å². The third kappa shape index (κ3) is 3.59. The van der Waals surface area contributed by atoms with Crippen LogP contribution < -0.4 is 0 Å². The fourth-order valence-electron chi connectivity index (χ4n) is 4.10. The van der Waals surface area contributed by atoms with Gasteiger partial charge in [-0.2, -0.15) is 5.10 Å². The number of aromatic nitrogens is 3. The number of hydrogen-bond donors (Lipinski definition) is 1. The second-order valence-electron chi connectivity index (χ2n) is 7.60. The van der Waals surface area contributed by atoms with Gasteiger partial charge in [-0.1, -0.05) is 41.9 Å². The number of halogens is 1. The van der Waals surface area contributed by atoms with Crippen molar-refractivity contribution < 1.29 is 9.21 Å². The molecule has 4 aromatic rings. The fraction of sp³-hybridized carbons (Fsp3) is 0.261. The lowest BCUT2D eigenvalue weighted by Crippen LogP contribution is -2.39. The van der Waals surface area contributed by atoms with Crippen LogP contribution in [0.3, 0.4) is 0 Å². The molecule has 1 fully saturated rings. The molecule has 1 aliphatic heterocycles. The zero-order valence-corrected chi connectivity index (χ0v) is 17.1. The molecule has 1 amide bonds. The summed E-state index contributed by atoms with van der Waals surface area (Å²) in [5, 5.41) is 8.77. The molecule has 2 aromatic heterocycles. The van der Waals surface area contributed by atoms with Gasteiger partial charge in [0.25, 0.3) is 5.91 Å². The largest absolute Gasteiger partial charge is 0.443 e. The van der Waals surface area contributed by atoms with Gasteiger partial charge in [0.15, 0.2) is 5.69 Å². The number of hydrogen-bond acceptors (Lipinski definition) is 4. The molecule has 3 heterocycles. The number of piperidine rings is 1. The number of nitrogens with zero attached hydrogens (tertiary/aromatic N) is 3. The van der Waals surface area contributed by atoms with E-state index in [-0.39, 0.29) is 11.9 Å². The first-order valence-corrected chi connectivity index (χ1v) is 10.5. The van der Waals surface area contributed by atoms with E-state index in [1.807, 2.05) is 53.4 Å². The Morgan fingerprint density at radius 2 is 2.10 bits per heavy atom. The van der Waals surface area contributed by atoms with Crippen molar-refractivity contribution in [1.29, 1.82) is 0 Å². The van der Waals surface area contributed by atoms with E-state index in [1.54, 1.807) is 6.20 Å². The normalized spacial score (nSPS) is 16.8. The summed E-state index contributed by atoms with van der Waals surface area (Å²) in [5.41, 5.74) is 2.36. The van der Waals surface area contributed by atoms with Crippen molar-refractivity contribution in [1.82, 2.24) is 20.1 Å². The lowest BCUT2D eigenvalue weighted by atomic mass is 10.0. The van der Waals surface area contributed by atoms with E-state index in [9.17, 15) is 4.79 Å². The molecular weight excluding hydrogens is 400 g/mol. The third-order valence-corrected chi connectivity index (χ3v) is 5.80. The Balaban J connectivity index is 1.40. The van der Waals surface area contributed by atoms with E-state index in [1.165, 1.54) is 0 Å². The van der Waals surface area contributed by atoms with Crippen molar-refractivity contribution in [3.8, 4) is 0 Å². The van der Waals surface area contributed by atoms with Crippen LogP contribution in [0.1, 0.15) is 53.0 Å². The van der Waals surface area contributed by atoms with Gasteiger partial charge in [0.2, 0.25) is 5.89 Å². The predicted molar refractivity (Wildman–Crippen MR) is 114 cm³/mol. The van der Waals surface area contributed by atoms with Gasteiger partial charge in [-0.15, -0.1) is 0 Å². The molecule has 5 rings (SSSR count). The molecule has 0 spiro atoms. The Bertz CT molecular complexity index is 1200. The number of likely N-dealkylation sites (tertiary alicyclic amines) is 1. The SMILES string of the molecule is O=C(c1n[nH]c2ccccc12)N1CCCC[C@H]1c1ncc(Cc2cccc(Cl)c2)o1. The van der Waals surface area contributed by atoms with E-state index >= 15 is 0 Å². The first kappa shape index (κ1) is 18.9. The Morgan fingerprint density at radius 1 is 1.20 bits per heavy atom. The van der Waals surface area contributed by atoms with Crippen LogP contribution in [0.5, 0.6) is 0 Å². The van der Waals surface area contributed by atoms with Crippen molar-refractivity contribution in [3.63, 3.8) is 0 Å². The summed E-state index contributed by atoms with van der Waals surface area (Å²) >= 11 is 6.08. The van der Waals surface area contributed by atoms with Crippen LogP contribution in [-0.2, 0) is 6.42 Å². The summed E-state index contributed by atoms with van der Waals surface area (Å²) in [4.78, 5) is 19.7. The molecule has 0 radical (unpaired) electrons. The molecule has 1 N–H and O–H groups in total. The minimum atomic E-state index is -0.185. The minimum absolute atomic E-state index is 0.0910. The van der Waals surface area contributed by atoms with Crippen LogP contribution in [0.2, 0.25) is 5.02 Å². The highest BCUT2D eigenvalue weighted by Crippen LogP contribution is 2.33.